The van der Waals surface area contributed by atoms with E-state index < -0.39 is 0 Å². The molecule has 5 heteroatoms. The van der Waals surface area contributed by atoms with Crippen LogP contribution in [-0.2, 0) is 0 Å². The van der Waals surface area contributed by atoms with Crippen LogP contribution in [0.25, 0.3) is 11.1 Å². The minimum absolute atomic E-state index is 0.0502. The van der Waals surface area contributed by atoms with E-state index in [0.29, 0.717) is 53.0 Å². The molecule has 0 fully saturated rings. The van der Waals surface area contributed by atoms with E-state index in [-0.39, 0.29) is 17.6 Å². The molecule has 1 heterocycles. The number of hydrogen-bond acceptors (Lipinski definition) is 3. The Kier molecular flexibility index (Phi) is 6.46. The molecular weight excluding hydrogens is 448 g/mol. The summed E-state index contributed by atoms with van der Waals surface area (Å²) < 4.78 is 0. The number of carbonyl (C=O) groups is 3. The van der Waals surface area contributed by atoms with Crippen molar-refractivity contribution in [3.05, 3.63) is 119 Å². The summed E-state index contributed by atoms with van der Waals surface area (Å²) in [6.07, 6.45) is 1.01. The van der Waals surface area contributed by atoms with Crippen LogP contribution in [0, 0.1) is 6.92 Å². The summed E-state index contributed by atoms with van der Waals surface area (Å²) in [4.78, 5) is 41.2. The van der Waals surface area contributed by atoms with E-state index in [9.17, 15) is 14.4 Å². The number of amides is 2. The SMILES string of the molecule is Cc1ccc(-c2cc(C(=O)N3CCCC(=O)c4ccccc43)ccc2C(=O)Nc2ccccc2)cc1. The van der Waals surface area contributed by atoms with Crippen LogP contribution in [0.3, 0.4) is 0 Å². The normalized spacial score (nSPS) is 13.0. The fraction of sp³-hybridized carbons (Fsp3) is 0.129. The first-order valence-corrected chi connectivity index (χ1v) is 12.0. The molecule has 0 aliphatic carbocycles. The van der Waals surface area contributed by atoms with Crippen LogP contribution in [0.1, 0.15) is 49.5 Å². The highest BCUT2D eigenvalue weighted by Crippen LogP contribution is 2.31. The van der Waals surface area contributed by atoms with Gasteiger partial charge in [-0.05, 0) is 66.9 Å². The number of hydrogen-bond donors (Lipinski definition) is 1. The van der Waals surface area contributed by atoms with Crippen molar-refractivity contribution >= 4 is 29.0 Å². The predicted molar refractivity (Wildman–Crippen MR) is 143 cm³/mol. The highest BCUT2D eigenvalue weighted by atomic mass is 16.2. The van der Waals surface area contributed by atoms with Gasteiger partial charge in [0.2, 0.25) is 0 Å². The highest BCUT2D eigenvalue weighted by molar-refractivity contribution is 6.14. The largest absolute Gasteiger partial charge is 0.322 e. The number of carbonyl (C=O) groups excluding carboxylic acids is 3. The lowest BCUT2D eigenvalue weighted by Crippen LogP contribution is -2.32. The third-order valence-corrected chi connectivity index (χ3v) is 6.43. The van der Waals surface area contributed by atoms with Gasteiger partial charge in [-0.3, -0.25) is 14.4 Å². The van der Waals surface area contributed by atoms with Gasteiger partial charge in [0, 0.05) is 35.3 Å². The van der Waals surface area contributed by atoms with Crippen LogP contribution >= 0.6 is 0 Å². The molecule has 0 bridgehead atoms. The number of para-hydroxylation sites is 2. The van der Waals surface area contributed by atoms with Crippen molar-refractivity contribution in [2.24, 2.45) is 0 Å². The first-order valence-electron chi connectivity index (χ1n) is 12.0. The van der Waals surface area contributed by atoms with Crippen LogP contribution in [-0.4, -0.2) is 24.1 Å². The van der Waals surface area contributed by atoms with Crippen molar-refractivity contribution in [1.29, 1.82) is 0 Å². The molecule has 0 saturated heterocycles. The topological polar surface area (TPSA) is 66.5 Å². The smallest absolute Gasteiger partial charge is 0.258 e. The molecule has 1 aliphatic heterocycles. The Balaban J connectivity index is 1.55. The zero-order valence-electron chi connectivity index (χ0n) is 20.0. The fourth-order valence-corrected chi connectivity index (χ4v) is 4.53. The van der Waals surface area contributed by atoms with Crippen molar-refractivity contribution in [2.45, 2.75) is 19.8 Å². The van der Waals surface area contributed by atoms with Crippen LogP contribution in [0.15, 0.2) is 97.1 Å². The summed E-state index contributed by atoms with van der Waals surface area (Å²) in [5.41, 5.74) is 5.47. The average molecular weight is 475 g/mol. The molecule has 5 nitrogen and oxygen atoms in total. The number of nitrogens with one attached hydrogen (secondary N) is 1. The molecule has 1 aliphatic rings. The zero-order valence-corrected chi connectivity index (χ0v) is 20.0. The Labute approximate surface area is 210 Å². The number of benzene rings is 4. The summed E-state index contributed by atoms with van der Waals surface area (Å²) >= 11 is 0. The van der Waals surface area contributed by atoms with E-state index in [1.54, 1.807) is 29.2 Å². The van der Waals surface area contributed by atoms with Crippen molar-refractivity contribution < 1.29 is 14.4 Å². The Morgan fingerprint density at radius 2 is 1.53 bits per heavy atom. The minimum atomic E-state index is -0.249. The van der Waals surface area contributed by atoms with Gasteiger partial charge in [0.25, 0.3) is 11.8 Å². The molecule has 4 aromatic rings. The number of Topliss-reactive ketones (excluding diaryl/α,β-unsaturated/α-hetero) is 1. The number of nitrogens with zero attached hydrogens (tertiary/aromatic N) is 1. The van der Waals surface area contributed by atoms with E-state index in [0.717, 1.165) is 11.1 Å². The van der Waals surface area contributed by atoms with Gasteiger partial charge < -0.3 is 10.2 Å². The van der Waals surface area contributed by atoms with E-state index in [1.165, 1.54) is 0 Å². The molecule has 4 aromatic carbocycles. The van der Waals surface area contributed by atoms with Gasteiger partial charge in [-0.2, -0.15) is 0 Å². The van der Waals surface area contributed by atoms with Crippen LogP contribution in [0.4, 0.5) is 11.4 Å². The summed E-state index contributed by atoms with van der Waals surface area (Å²) in [7, 11) is 0. The predicted octanol–water partition coefficient (Wildman–Crippen LogP) is 6.54. The molecule has 0 aromatic heterocycles. The number of ketones is 1. The fourth-order valence-electron chi connectivity index (χ4n) is 4.53. The lowest BCUT2D eigenvalue weighted by molar-refractivity contribution is 0.0973. The summed E-state index contributed by atoms with van der Waals surface area (Å²) in [6.45, 7) is 2.46. The van der Waals surface area contributed by atoms with Crippen molar-refractivity contribution in [3.8, 4) is 11.1 Å². The first-order chi connectivity index (χ1) is 17.5. The Morgan fingerprint density at radius 1 is 0.806 bits per heavy atom. The Bertz CT molecular complexity index is 1440. The van der Waals surface area contributed by atoms with Crippen molar-refractivity contribution in [2.75, 3.05) is 16.8 Å². The van der Waals surface area contributed by atoms with Crippen molar-refractivity contribution in [1.82, 2.24) is 0 Å². The van der Waals surface area contributed by atoms with Gasteiger partial charge in [-0.15, -0.1) is 0 Å². The quantitative estimate of drug-likeness (QED) is 0.365. The summed E-state index contributed by atoms with van der Waals surface area (Å²) in [6, 6.07) is 29.6. The van der Waals surface area contributed by atoms with Crippen molar-refractivity contribution in [3.63, 3.8) is 0 Å². The standard InChI is InChI=1S/C31H26N2O3/c1-21-13-15-22(16-14-21)27-20-23(17-18-25(27)30(35)32-24-8-3-2-4-9-24)31(36)33-19-7-12-29(34)26-10-5-6-11-28(26)33/h2-6,8-11,13-18,20H,7,12,19H2,1H3,(H,32,35). The number of rotatable bonds is 4. The second-order valence-electron chi connectivity index (χ2n) is 8.95. The lowest BCUT2D eigenvalue weighted by Gasteiger charge is -2.23. The second kappa shape index (κ2) is 10.0. The third-order valence-electron chi connectivity index (χ3n) is 6.43. The zero-order chi connectivity index (χ0) is 25.1. The molecule has 0 saturated carbocycles. The number of anilines is 2. The molecular formula is C31H26N2O3. The number of aryl methyl sites for hydroxylation is 1. The van der Waals surface area contributed by atoms with E-state index in [1.807, 2.05) is 79.7 Å². The Hall–Kier alpha value is -4.51. The van der Waals surface area contributed by atoms with Crippen LogP contribution in [0.2, 0.25) is 0 Å². The molecule has 0 radical (unpaired) electrons. The van der Waals surface area contributed by atoms with Gasteiger partial charge in [0.05, 0.1) is 5.69 Å². The monoisotopic (exact) mass is 474 g/mol. The molecule has 0 unspecified atom stereocenters. The van der Waals surface area contributed by atoms with Gasteiger partial charge in [-0.1, -0.05) is 60.2 Å². The summed E-state index contributed by atoms with van der Waals surface area (Å²) in [5.74, 6) is -0.392. The van der Waals surface area contributed by atoms with Crippen LogP contribution in [0.5, 0.6) is 0 Å². The molecule has 1 N–H and O–H groups in total. The molecule has 2 amide bonds. The van der Waals surface area contributed by atoms with E-state index in [2.05, 4.69) is 5.32 Å². The minimum Gasteiger partial charge on any atom is -0.322 e. The van der Waals surface area contributed by atoms with E-state index >= 15 is 0 Å². The maximum absolute atomic E-state index is 13.7. The molecule has 36 heavy (non-hydrogen) atoms. The van der Waals surface area contributed by atoms with Gasteiger partial charge in [0.15, 0.2) is 5.78 Å². The second-order valence-corrected chi connectivity index (χ2v) is 8.95. The van der Waals surface area contributed by atoms with Gasteiger partial charge in [0.1, 0.15) is 0 Å². The number of fused-ring (bicyclic) bond motifs is 1. The van der Waals surface area contributed by atoms with Gasteiger partial charge in [-0.25, -0.2) is 0 Å². The maximum Gasteiger partial charge on any atom is 0.258 e. The molecule has 5 rings (SSSR count). The van der Waals surface area contributed by atoms with Gasteiger partial charge >= 0.3 is 0 Å². The maximum atomic E-state index is 13.7. The first kappa shape index (κ1) is 23.2. The third kappa shape index (κ3) is 4.68. The molecule has 178 valence electrons. The van der Waals surface area contributed by atoms with Crippen LogP contribution < -0.4 is 10.2 Å². The average Bonchev–Trinajstić information content (AvgIpc) is 3.08. The highest BCUT2D eigenvalue weighted by Gasteiger charge is 2.26. The molecule has 0 spiro atoms. The lowest BCUT2D eigenvalue weighted by atomic mass is 9.95. The van der Waals surface area contributed by atoms with E-state index in [4.69, 9.17) is 0 Å². The Morgan fingerprint density at radius 3 is 2.31 bits per heavy atom. The molecule has 0 atom stereocenters. The summed E-state index contributed by atoms with van der Waals surface area (Å²) in [5, 5.41) is 2.95.